The molecular weight excluding hydrogens is 392 g/mol. The highest BCUT2D eigenvalue weighted by Gasteiger charge is 2.23. The van der Waals surface area contributed by atoms with Gasteiger partial charge in [0, 0.05) is 16.8 Å². The van der Waals surface area contributed by atoms with Crippen LogP contribution in [0.2, 0.25) is 0 Å². The molecule has 0 aliphatic heterocycles. The first-order valence-electron chi connectivity index (χ1n) is 9.61. The van der Waals surface area contributed by atoms with E-state index < -0.39 is 18.0 Å². The standard InChI is InChI=1S/C25H20N2O4/c1-16-7-11-19(12-8-16)23(28)21-5-3-4-6-22(21)25(30)31-17(2)24(29)27-20-13-9-18(15-26)10-14-20/h3-14,17H,1-2H3,(H,27,29)/t17-/m1/s1. The first-order valence-corrected chi connectivity index (χ1v) is 9.61. The van der Waals surface area contributed by atoms with Crippen molar-refractivity contribution in [2.45, 2.75) is 20.0 Å². The number of hydrogen-bond acceptors (Lipinski definition) is 5. The zero-order valence-electron chi connectivity index (χ0n) is 17.1. The molecule has 6 heteroatoms. The number of aryl methyl sites for hydroxylation is 1. The van der Waals surface area contributed by atoms with Gasteiger partial charge in [-0.15, -0.1) is 0 Å². The predicted octanol–water partition coefficient (Wildman–Crippen LogP) is 4.28. The van der Waals surface area contributed by atoms with Crippen molar-refractivity contribution >= 4 is 23.3 Å². The van der Waals surface area contributed by atoms with Crippen molar-refractivity contribution in [1.29, 1.82) is 5.26 Å². The molecule has 0 aliphatic carbocycles. The van der Waals surface area contributed by atoms with Gasteiger partial charge in [0.25, 0.3) is 5.91 Å². The van der Waals surface area contributed by atoms with Crippen molar-refractivity contribution in [2.75, 3.05) is 5.32 Å². The number of carbonyl (C=O) groups excluding carboxylic acids is 3. The van der Waals surface area contributed by atoms with E-state index in [2.05, 4.69) is 5.32 Å². The number of ketones is 1. The first-order chi connectivity index (χ1) is 14.9. The summed E-state index contributed by atoms with van der Waals surface area (Å²) in [5.41, 5.74) is 2.71. The summed E-state index contributed by atoms with van der Waals surface area (Å²) in [4.78, 5) is 38.0. The molecule has 0 aromatic heterocycles. The molecule has 0 unspecified atom stereocenters. The maximum atomic E-state index is 12.9. The third kappa shape index (κ3) is 5.22. The number of amides is 1. The SMILES string of the molecule is Cc1ccc(C(=O)c2ccccc2C(=O)O[C@H](C)C(=O)Nc2ccc(C#N)cc2)cc1. The molecule has 0 radical (unpaired) electrons. The van der Waals surface area contributed by atoms with Crippen LogP contribution < -0.4 is 5.32 Å². The summed E-state index contributed by atoms with van der Waals surface area (Å²) < 4.78 is 5.31. The van der Waals surface area contributed by atoms with Crippen molar-refractivity contribution in [3.8, 4) is 6.07 Å². The molecule has 0 saturated carbocycles. The third-order valence-corrected chi connectivity index (χ3v) is 4.64. The Labute approximate surface area is 180 Å². The largest absolute Gasteiger partial charge is 0.449 e. The average Bonchev–Trinajstić information content (AvgIpc) is 2.79. The van der Waals surface area contributed by atoms with E-state index in [1.54, 1.807) is 54.6 Å². The summed E-state index contributed by atoms with van der Waals surface area (Å²) >= 11 is 0. The fourth-order valence-electron chi connectivity index (χ4n) is 2.87. The van der Waals surface area contributed by atoms with Gasteiger partial charge in [-0.1, -0.05) is 48.0 Å². The topological polar surface area (TPSA) is 96.3 Å². The molecule has 0 fully saturated rings. The summed E-state index contributed by atoms with van der Waals surface area (Å²) in [6.07, 6.45) is -1.09. The highest BCUT2D eigenvalue weighted by molar-refractivity contribution is 6.14. The van der Waals surface area contributed by atoms with Gasteiger partial charge in [0.1, 0.15) is 0 Å². The van der Waals surface area contributed by atoms with Crippen molar-refractivity contribution in [1.82, 2.24) is 0 Å². The summed E-state index contributed by atoms with van der Waals surface area (Å²) in [6.45, 7) is 3.37. The van der Waals surface area contributed by atoms with Crippen molar-refractivity contribution in [3.63, 3.8) is 0 Å². The van der Waals surface area contributed by atoms with E-state index >= 15 is 0 Å². The van der Waals surface area contributed by atoms with Gasteiger partial charge in [0.15, 0.2) is 11.9 Å². The Morgan fingerprint density at radius 3 is 2.13 bits per heavy atom. The number of nitriles is 1. The Morgan fingerprint density at radius 1 is 0.903 bits per heavy atom. The molecule has 6 nitrogen and oxygen atoms in total. The predicted molar refractivity (Wildman–Crippen MR) is 116 cm³/mol. The maximum absolute atomic E-state index is 12.9. The minimum atomic E-state index is -1.09. The van der Waals surface area contributed by atoms with Gasteiger partial charge < -0.3 is 10.1 Å². The van der Waals surface area contributed by atoms with Crippen LogP contribution in [-0.4, -0.2) is 23.8 Å². The monoisotopic (exact) mass is 412 g/mol. The van der Waals surface area contributed by atoms with Crippen LogP contribution in [0.15, 0.2) is 72.8 Å². The second-order valence-electron chi connectivity index (χ2n) is 6.97. The molecule has 3 rings (SSSR count). The van der Waals surface area contributed by atoms with E-state index in [1.807, 2.05) is 25.1 Å². The quantitative estimate of drug-likeness (QED) is 0.481. The van der Waals surface area contributed by atoms with Gasteiger partial charge in [-0.2, -0.15) is 5.26 Å². The Bertz CT molecular complexity index is 1160. The van der Waals surface area contributed by atoms with E-state index in [4.69, 9.17) is 10.00 Å². The molecule has 1 N–H and O–H groups in total. The molecule has 0 aliphatic rings. The van der Waals surface area contributed by atoms with Crippen LogP contribution in [0.25, 0.3) is 0 Å². The lowest BCUT2D eigenvalue weighted by atomic mass is 9.98. The molecule has 0 bridgehead atoms. The van der Waals surface area contributed by atoms with Crippen LogP contribution in [0.5, 0.6) is 0 Å². The van der Waals surface area contributed by atoms with Crippen LogP contribution in [0.4, 0.5) is 5.69 Å². The second-order valence-corrected chi connectivity index (χ2v) is 6.97. The van der Waals surface area contributed by atoms with E-state index in [9.17, 15) is 14.4 Å². The zero-order chi connectivity index (χ0) is 22.4. The first kappa shape index (κ1) is 21.5. The Morgan fingerprint density at radius 2 is 1.52 bits per heavy atom. The molecule has 1 amide bonds. The molecule has 3 aromatic rings. The highest BCUT2D eigenvalue weighted by Crippen LogP contribution is 2.18. The van der Waals surface area contributed by atoms with Crippen LogP contribution >= 0.6 is 0 Å². The molecular formula is C25H20N2O4. The fraction of sp³-hybridized carbons (Fsp3) is 0.120. The summed E-state index contributed by atoms with van der Waals surface area (Å²) in [5.74, 6) is -1.60. The number of rotatable bonds is 6. The van der Waals surface area contributed by atoms with E-state index in [0.717, 1.165) is 5.56 Å². The summed E-state index contributed by atoms with van der Waals surface area (Å²) in [7, 11) is 0. The van der Waals surface area contributed by atoms with Gasteiger partial charge in [0.2, 0.25) is 0 Å². The molecule has 0 heterocycles. The zero-order valence-corrected chi connectivity index (χ0v) is 17.1. The number of carbonyl (C=O) groups is 3. The molecule has 0 saturated heterocycles. The van der Waals surface area contributed by atoms with Crippen LogP contribution in [0.1, 0.15) is 44.3 Å². The van der Waals surface area contributed by atoms with Crippen LogP contribution in [-0.2, 0) is 9.53 Å². The lowest BCUT2D eigenvalue weighted by Crippen LogP contribution is -2.30. The lowest BCUT2D eigenvalue weighted by Gasteiger charge is -2.15. The average molecular weight is 412 g/mol. The number of nitrogens with one attached hydrogen (secondary N) is 1. The third-order valence-electron chi connectivity index (χ3n) is 4.64. The number of nitrogens with zero attached hydrogens (tertiary/aromatic N) is 1. The van der Waals surface area contributed by atoms with Gasteiger partial charge in [-0.25, -0.2) is 4.79 Å². The Balaban J connectivity index is 1.72. The number of hydrogen-bond donors (Lipinski definition) is 1. The van der Waals surface area contributed by atoms with Crippen LogP contribution in [0.3, 0.4) is 0 Å². The molecule has 154 valence electrons. The van der Waals surface area contributed by atoms with Crippen LogP contribution in [0, 0.1) is 18.3 Å². The fourth-order valence-corrected chi connectivity index (χ4v) is 2.87. The molecule has 1 atom stereocenters. The van der Waals surface area contributed by atoms with Gasteiger partial charge in [0.05, 0.1) is 17.2 Å². The van der Waals surface area contributed by atoms with Crippen molar-refractivity contribution < 1.29 is 19.1 Å². The van der Waals surface area contributed by atoms with Crippen molar-refractivity contribution in [2.24, 2.45) is 0 Å². The normalized spacial score (nSPS) is 11.1. The minimum absolute atomic E-state index is 0.0890. The Kier molecular flexibility index (Phi) is 6.58. The molecule has 31 heavy (non-hydrogen) atoms. The van der Waals surface area contributed by atoms with E-state index in [0.29, 0.717) is 16.8 Å². The van der Waals surface area contributed by atoms with Gasteiger partial charge in [-0.3, -0.25) is 9.59 Å². The minimum Gasteiger partial charge on any atom is -0.449 e. The van der Waals surface area contributed by atoms with Gasteiger partial charge >= 0.3 is 5.97 Å². The van der Waals surface area contributed by atoms with E-state index in [-0.39, 0.29) is 16.9 Å². The highest BCUT2D eigenvalue weighted by atomic mass is 16.5. The number of esters is 1. The number of benzene rings is 3. The lowest BCUT2D eigenvalue weighted by molar-refractivity contribution is -0.123. The number of anilines is 1. The van der Waals surface area contributed by atoms with E-state index in [1.165, 1.54) is 13.0 Å². The van der Waals surface area contributed by atoms with Gasteiger partial charge in [-0.05, 0) is 44.2 Å². The summed E-state index contributed by atoms with van der Waals surface area (Å²) in [6, 6.07) is 21.7. The smallest absolute Gasteiger partial charge is 0.339 e. The maximum Gasteiger partial charge on any atom is 0.339 e. The molecule has 0 spiro atoms. The number of ether oxygens (including phenoxy) is 1. The summed E-state index contributed by atoms with van der Waals surface area (Å²) in [5, 5.41) is 11.5. The molecule has 3 aromatic carbocycles. The van der Waals surface area contributed by atoms with Crippen molar-refractivity contribution in [3.05, 3.63) is 101 Å². The second kappa shape index (κ2) is 9.51. The Hall–Kier alpha value is -4.24.